The molecule has 9 heteroatoms. The van der Waals surface area contributed by atoms with Gasteiger partial charge < -0.3 is 9.84 Å². The third-order valence-electron chi connectivity index (χ3n) is 2.84. The number of aryl methyl sites for hydroxylation is 1. The van der Waals surface area contributed by atoms with Crippen LogP contribution >= 0.6 is 12.6 Å². The number of carbonyl (C=O) groups is 2. The quantitative estimate of drug-likeness (QED) is 0.617. The predicted molar refractivity (Wildman–Crippen MR) is 86.0 cm³/mol. The normalized spacial score (nSPS) is 10.5. The highest BCUT2D eigenvalue weighted by Gasteiger charge is 2.29. The number of carboxylic acid groups (broad SMARTS) is 1. The number of pyridine rings is 1. The topological polar surface area (TPSA) is 76.5 Å². The highest BCUT2D eigenvalue weighted by Crippen LogP contribution is 2.29. The molecule has 0 unspecified atom stereocenters. The van der Waals surface area contributed by atoms with Crippen LogP contribution in [0.3, 0.4) is 0 Å². The van der Waals surface area contributed by atoms with Gasteiger partial charge in [-0.15, -0.1) is 12.6 Å². The maximum absolute atomic E-state index is 12.0. The lowest BCUT2D eigenvalue weighted by Crippen LogP contribution is -2.07. The van der Waals surface area contributed by atoms with E-state index in [1.54, 1.807) is 13.0 Å². The molecule has 2 rings (SSSR count). The Bertz CT molecular complexity index is 778. The van der Waals surface area contributed by atoms with Crippen molar-refractivity contribution >= 4 is 24.6 Å². The van der Waals surface area contributed by atoms with Gasteiger partial charge in [0.2, 0.25) is 0 Å². The Morgan fingerprint density at radius 3 is 2.28 bits per heavy atom. The van der Waals surface area contributed by atoms with Crippen LogP contribution in [0.5, 0.6) is 0 Å². The molecule has 0 aliphatic carbocycles. The number of benzene rings is 1. The summed E-state index contributed by atoms with van der Waals surface area (Å²) in [6, 6.07) is 6.46. The zero-order valence-corrected chi connectivity index (χ0v) is 14.1. The Labute approximate surface area is 146 Å². The SMILES string of the molecule is COC(=O)c1ncc(C(=O)O)cc1S.Cc1cccc(C(F)(F)F)c1. The molecule has 1 heterocycles. The molecule has 0 amide bonds. The molecule has 1 aromatic heterocycles. The number of esters is 1. The fourth-order valence-electron chi connectivity index (χ4n) is 1.65. The molecule has 0 spiro atoms. The zero-order chi connectivity index (χ0) is 19.2. The summed E-state index contributed by atoms with van der Waals surface area (Å²) in [7, 11) is 1.21. The average molecular weight is 373 g/mol. The highest BCUT2D eigenvalue weighted by molar-refractivity contribution is 7.80. The zero-order valence-electron chi connectivity index (χ0n) is 13.2. The van der Waals surface area contributed by atoms with E-state index in [2.05, 4.69) is 22.3 Å². The minimum Gasteiger partial charge on any atom is -0.478 e. The standard InChI is InChI=1S/C8H7F3.C8H7NO4S/c1-6-3-2-4-7(5-6)8(9,10)11;1-13-8(12)6-5(14)2-4(3-9-6)7(10)11/h2-5H,1H3;2-3,14H,1H3,(H,10,11). The van der Waals surface area contributed by atoms with Crippen molar-refractivity contribution in [3.63, 3.8) is 0 Å². The number of halogens is 3. The molecule has 134 valence electrons. The molecule has 0 radical (unpaired) electrons. The van der Waals surface area contributed by atoms with Gasteiger partial charge in [-0.2, -0.15) is 13.2 Å². The molecular weight excluding hydrogens is 359 g/mol. The Morgan fingerprint density at radius 2 is 1.88 bits per heavy atom. The number of alkyl halides is 3. The lowest BCUT2D eigenvalue weighted by atomic mass is 10.1. The van der Waals surface area contributed by atoms with Crippen molar-refractivity contribution in [3.05, 3.63) is 58.9 Å². The number of rotatable bonds is 2. The Morgan fingerprint density at radius 1 is 1.24 bits per heavy atom. The van der Waals surface area contributed by atoms with Crippen LogP contribution < -0.4 is 0 Å². The van der Waals surface area contributed by atoms with E-state index < -0.39 is 23.7 Å². The summed E-state index contributed by atoms with van der Waals surface area (Å²) in [5.74, 6) is -1.77. The van der Waals surface area contributed by atoms with Gasteiger partial charge in [0.1, 0.15) is 0 Å². The summed E-state index contributed by atoms with van der Waals surface area (Å²) in [5.41, 5.74) is 0.0146. The van der Waals surface area contributed by atoms with Crippen LogP contribution in [-0.4, -0.2) is 29.1 Å². The van der Waals surface area contributed by atoms with Gasteiger partial charge in [0.15, 0.2) is 5.69 Å². The van der Waals surface area contributed by atoms with Crippen LogP contribution in [0.4, 0.5) is 13.2 Å². The third kappa shape index (κ3) is 6.11. The molecule has 0 fully saturated rings. The summed E-state index contributed by atoms with van der Waals surface area (Å²) < 4.78 is 40.3. The van der Waals surface area contributed by atoms with Gasteiger partial charge in [0.25, 0.3) is 0 Å². The highest BCUT2D eigenvalue weighted by atomic mass is 32.1. The molecule has 0 saturated heterocycles. The molecular formula is C16H14F3NO4S. The molecule has 1 N–H and O–H groups in total. The minimum absolute atomic E-state index is 0.000772. The van der Waals surface area contributed by atoms with Crippen molar-refractivity contribution in [2.24, 2.45) is 0 Å². The van der Waals surface area contributed by atoms with Crippen molar-refractivity contribution in [1.82, 2.24) is 4.98 Å². The molecule has 0 aliphatic heterocycles. The van der Waals surface area contributed by atoms with E-state index in [0.717, 1.165) is 18.3 Å². The number of carboxylic acids is 1. The predicted octanol–water partition coefficient (Wildman–Crippen LogP) is 3.87. The molecule has 0 atom stereocenters. The van der Waals surface area contributed by atoms with Gasteiger partial charge in [-0.1, -0.05) is 23.8 Å². The number of hydrogen-bond donors (Lipinski definition) is 2. The van der Waals surface area contributed by atoms with Crippen LogP contribution in [0.25, 0.3) is 0 Å². The number of hydrogen-bond acceptors (Lipinski definition) is 5. The second-order valence-corrected chi connectivity index (χ2v) is 5.24. The number of ether oxygens (including phenoxy) is 1. The number of aromatic carboxylic acids is 1. The van der Waals surface area contributed by atoms with Gasteiger partial charge in [0.05, 0.1) is 18.2 Å². The Hall–Kier alpha value is -2.55. The van der Waals surface area contributed by atoms with Crippen LogP contribution in [-0.2, 0) is 10.9 Å². The molecule has 0 aliphatic rings. The number of nitrogens with zero attached hydrogens (tertiary/aromatic N) is 1. The number of carbonyl (C=O) groups excluding carboxylic acids is 1. The van der Waals surface area contributed by atoms with E-state index >= 15 is 0 Å². The molecule has 25 heavy (non-hydrogen) atoms. The lowest BCUT2D eigenvalue weighted by Gasteiger charge is -2.05. The van der Waals surface area contributed by atoms with E-state index in [-0.39, 0.29) is 16.2 Å². The maximum atomic E-state index is 12.0. The van der Waals surface area contributed by atoms with Crippen molar-refractivity contribution < 1.29 is 32.6 Å². The van der Waals surface area contributed by atoms with E-state index in [0.29, 0.717) is 5.56 Å². The number of aromatic nitrogens is 1. The minimum atomic E-state index is -4.22. The van der Waals surface area contributed by atoms with Crippen molar-refractivity contribution in [1.29, 1.82) is 0 Å². The first-order valence-electron chi connectivity index (χ1n) is 6.70. The Balaban J connectivity index is 0.000000257. The molecule has 2 aromatic rings. The fourth-order valence-corrected chi connectivity index (χ4v) is 1.93. The van der Waals surface area contributed by atoms with Crippen molar-refractivity contribution in [2.75, 3.05) is 7.11 Å². The van der Waals surface area contributed by atoms with E-state index in [9.17, 15) is 22.8 Å². The molecule has 5 nitrogen and oxygen atoms in total. The average Bonchev–Trinajstić information content (AvgIpc) is 2.53. The Kier molecular flexibility index (Phi) is 6.98. The summed E-state index contributed by atoms with van der Waals surface area (Å²) in [5, 5.41) is 8.61. The van der Waals surface area contributed by atoms with E-state index in [1.165, 1.54) is 19.2 Å². The van der Waals surface area contributed by atoms with Crippen molar-refractivity contribution in [3.8, 4) is 0 Å². The monoisotopic (exact) mass is 373 g/mol. The van der Waals surface area contributed by atoms with E-state index in [4.69, 9.17) is 5.11 Å². The van der Waals surface area contributed by atoms with Gasteiger partial charge in [-0.05, 0) is 19.1 Å². The smallest absolute Gasteiger partial charge is 0.416 e. The van der Waals surface area contributed by atoms with Crippen LogP contribution in [0.1, 0.15) is 32.0 Å². The summed E-state index contributed by atoms with van der Waals surface area (Å²) >= 11 is 3.93. The van der Waals surface area contributed by atoms with Crippen molar-refractivity contribution in [2.45, 2.75) is 18.0 Å². The third-order valence-corrected chi connectivity index (χ3v) is 3.18. The van der Waals surface area contributed by atoms with Gasteiger partial charge in [-0.3, -0.25) is 0 Å². The first kappa shape index (κ1) is 20.5. The van der Waals surface area contributed by atoms with Crippen LogP contribution in [0.2, 0.25) is 0 Å². The molecule has 0 bridgehead atoms. The largest absolute Gasteiger partial charge is 0.478 e. The second kappa shape index (κ2) is 8.52. The summed E-state index contributed by atoms with van der Waals surface area (Å²) in [4.78, 5) is 25.4. The number of methoxy groups -OCH3 is 1. The first-order chi connectivity index (χ1) is 11.6. The maximum Gasteiger partial charge on any atom is 0.416 e. The number of thiol groups is 1. The molecule has 1 aromatic carbocycles. The summed E-state index contributed by atoms with van der Waals surface area (Å²) in [6.07, 6.45) is -3.14. The molecule has 0 saturated carbocycles. The summed E-state index contributed by atoms with van der Waals surface area (Å²) in [6.45, 7) is 1.63. The van der Waals surface area contributed by atoms with Gasteiger partial charge in [0, 0.05) is 11.1 Å². The van der Waals surface area contributed by atoms with Crippen LogP contribution in [0.15, 0.2) is 41.4 Å². The second-order valence-electron chi connectivity index (χ2n) is 4.76. The van der Waals surface area contributed by atoms with Gasteiger partial charge >= 0.3 is 18.1 Å². The van der Waals surface area contributed by atoms with E-state index in [1.807, 2.05) is 0 Å². The fraction of sp³-hybridized carbons (Fsp3) is 0.188. The lowest BCUT2D eigenvalue weighted by molar-refractivity contribution is -0.137. The van der Waals surface area contributed by atoms with Gasteiger partial charge in [-0.25, -0.2) is 14.6 Å². The first-order valence-corrected chi connectivity index (χ1v) is 7.15. The van der Waals surface area contributed by atoms with Crippen LogP contribution in [0, 0.1) is 6.92 Å².